The Hall–Kier alpha value is -1.84. The van der Waals surface area contributed by atoms with E-state index in [1.807, 2.05) is 29.2 Å². The lowest BCUT2D eigenvalue weighted by Crippen LogP contribution is -2.36. The molecule has 1 heterocycles. The van der Waals surface area contributed by atoms with Crippen LogP contribution in [0.15, 0.2) is 24.3 Å². The second-order valence-corrected chi connectivity index (χ2v) is 5.64. The topological polar surface area (TPSA) is 46.6 Å². The molecule has 1 aliphatic rings. The van der Waals surface area contributed by atoms with Gasteiger partial charge in [0.1, 0.15) is 11.5 Å². The zero-order valence-electron chi connectivity index (χ0n) is 12.8. The molecule has 4 nitrogen and oxygen atoms in total. The average molecular weight is 289 g/mol. The molecule has 2 rings (SSSR count). The summed E-state index contributed by atoms with van der Waals surface area (Å²) in [5.74, 6) is 1.15. The van der Waals surface area contributed by atoms with Crippen LogP contribution in [0.3, 0.4) is 0 Å². The van der Waals surface area contributed by atoms with Crippen molar-refractivity contribution in [2.24, 2.45) is 0 Å². The summed E-state index contributed by atoms with van der Waals surface area (Å²) in [5.41, 5.74) is 1.13. The van der Waals surface area contributed by atoms with Crippen molar-refractivity contribution in [2.45, 2.75) is 45.1 Å². The molecule has 1 aromatic carbocycles. The van der Waals surface area contributed by atoms with Gasteiger partial charge < -0.3 is 9.64 Å². The molecule has 1 atom stereocenters. The fourth-order valence-electron chi connectivity index (χ4n) is 2.90. The van der Waals surface area contributed by atoms with Crippen molar-refractivity contribution in [2.75, 3.05) is 13.7 Å². The largest absolute Gasteiger partial charge is 0.497 e. The maximum atomic E-state index is 12.3. The van der Waals surface area contributed by atoms with Gasteiger partial charge in [-0.3, -0.25) is 9.59 Å². The standard InChI is InChI=1S/C17H23NO3/c1-13(19)12-15-4-3-11-18(15)17(20)10-7-14-5-8-16(21-2)9-6-14/h5-6,8-9,15H,3-4,7,10-12H2,1-2H3. The maximum absolute atomic E-state index is 12.3. The van der Waals surface area contributed by atoms with Gasteiger partial charge in [0.25, 0.3) is 0 Å². The molecule has 4 heteroatoms. The molecule has 1 aromatic rings. The van der Waals surface area contributed by atoms with Crippen molar-refractivity contribution >= 4 is 11.7 Å². The quantitative estimate of drug-likeness (QED) is 0.808. The molecule has 114 valence electrons. The number of aryl methyl sites for hydroxylation is 1. The lowest BCUT2D eigenvalue weighted by molar-refractivity contribution is -0.132. The molecule has 0 saturated carbocycles. The highest BCUT2D eigenvalue weighted by molar-refractivity contribution is 5.80. The van der Waals surface area contributed by atoms with E-state index in [1.165, 1.54) is 0 Å². The summed E-state index contributed by atoms with van der Waals surface area (Å²) in [6.45, 7) is 2.39. The molecule has 21 heavy (non-hydrogen) atoms. The van der Waals surface area contributed by atoms with Crippen LogP contribution in [0.4, 0.5) is 0 Å². The zero-order chi connectivity index (χ0) is 15.2. The molecule has 1 unspecified atom stereocenters. The maximum Gasteiger partial charge on any atom is 0.223 e. The smallest absolute Gasteiger partial charge is 0.223 e. The number of hydrogen-bond acceptors (Lipinski definition) is 3. The van der Waals surface area contributed by atoms with E-state index in [4.69, 9.17) is 4.74 Å². The summed E-state index contributed by atoms with van der Waals surface area (Å²) in [7, 11) is 1.64. The van der Waals surface area contributed by atoms with Gasteiger partial charge in [0, 0.05) is 25.4 Å². The molecule has 1 saturated heterocycles. The Morgan fingerprint density at radius 1 is 1.29 bits per heavy atom. The third-order valence-corrected chi connectivity index (χ3v) is 4.01. The van der Waals surface area contributed by atoms with Crippen molar-refractivity contribution in [3.05, 3.63) is 29.8 Å². The highest BCUT2D eigenvalue weighted by Gasteiger charge is 2.28. The lowest BCUT2D eigenvalue weighted by Gasteiger charge is -2.24. The number of ether oxygens (including phenoxy) is 1. The Kier molecular flexibility index (Phi) is 5.37. The summed E-state index contributed by atoms with van der Waals surface area (Å²) in [6.07, 6.45) is 3.68. The molecule has 1 aliphatic heterocycles. The molecular weight excluding hydrogens is 266 g/mol. The zero-order valence-corrected chi connectivity index (χ0v) is 12.8. The summed E-state index contributed by atoms with van der Waals surface area (Å²) in [4.78, 5) is 25.5. The van der Waals surface area contributed by atoms with Gasteiger partial charge in [-0.25, -0.2) is 0 Å². The first-order valence-electron chi connectivity index (χ1n) is 7.52. The van der Waals surface area contributed by atoms with E-state index in [-0.39, 0.29) is 17.7 Å². The third kappa shape index (κ3) is 4.31. The van der Waals surface area contributed by atoms with E-state index >= 15 is 0 Å². The van der Waals surface area contributed by atoms with Crippen molar-refractivity contribution in [3.8, 4) is 5.75 Å². The van der Waals surface area contributed by atoms with E-state index < -0.39 is 0 Å². The molecule has 0 radical (unpaired) electrons. The summed E-state index contributed by atoms with van der Waals surface area (Å²) < 4.78 is 5.12. The van der Waals surface area contributed by atoms with Crippen molar-refractivity contribution < 1.29 is 14.3 Å². The van der Waals surface area contributed by atoms with Crippen molar-refractivity contribution in [3.63, 3.8) is 0 Å². The number of Topliss-reactive ketones (excluding diaryl/α,β-unsaturated/α-hetero) is 1. The number of likely N-dealkylation sites (tertiary alicyclic amines) is 1. The molecule has 0 aromatic heterocycles. The van der Waals surface area contributed by atoms with Crippen LogP contribution in [0.1, 0.15) is 38.2 Å². The number of amides is 1. The van der Waals surface area contributed by atoms with E-state index in [2.05, 4.69) is 0 Å². The number of methoxy groups -OCH3 is 1. The van der Waals surface area contributed by atoms with Crippen LogP contribution >= 0.6 is 0 Å². The molecule has 0 spiro atoms. The average Bonchev–Trinajstić information content (AvgIpc) is 2.92. The first-order chi connectivity index (χ1) is 10.1. The van der Waals surface area contributed by atoms with Crippen LogP contribution in [0.5, 0.6) is 5.75 Å². The van der Waals surface area contributed by atoms with Crippen LogP contribution < -0.4 is 4.74 Å². The van der Waals surface area contributed by atoms with Gasteiger partial charge in [0.15, 0.2) is 0 Å². The van der Waals surface area contributed by atoms with E-state index in [1.54, 1.807) is 14.0 Å². The minimum absolute atomic E-state index is 0.117. The Bertz CT molecular complexity index is 495. The van der Waals surface area contributed by atoms with E-state index in [0.717, 1.165) is 37.1 Å². The highest BCUT2D eigenvalue weighted by atomic mass is 16.5. The second-order valence-electron chi connectivity index (χ2n) is 5.64. The molecule has 0 aliphatic carbocycles. The first kappa shape index (κ1) is 15.5. The first-order valence-corrected chi connectivity index (χ1v) is 7.52. The van der Waals surface area contributed by atoms with Crippen molar-refractivity contribution in [1.82, 2.24) is 4.90 Å². The van der Waals surface area contributed by atoms with Gasteiger partial charge in [-0.15, -0.1) is 0 Å². The van der Waals surface area contributed by atoms with Crippen molar-refractivity contribution in [1.29, 1.82) is 0 Å². The van der Waals surface area contributed by atoms with E-state index in [9.17, 15) is 9.59 Å². The Morgan fingerprint density at radius 3 is 2.62 bits per heavy atom. The fraction of sp³-hybridized carbons (Fsp3) is 0.529. The monoisotopic (exact) mass is 289 g/mol. The highest BCUT2D eigenvalue weighted by Crippen LogP contribution is 2.22. The van der Waals surface area contributed by atoms with Gasteiger partial charge in [-0.1, -0.05) is 12.1 Å². The Morgan fingerprint density at radius 2 is 2.00 bits per heavy atom. The predicted octanol–water partition coefficient (Wildman–Crippen LogP) is 2.60. The SMILES string of the molecule is COc1ccc(CCC(=O)N2CCCC2CC(C)=O)cc1. The summed E-state index contributed by atoms with van der Waals surface area (Å²) in [6, 6.07) is 7.92. The number of benzene rings is 1. The van der Waals surface area contributed by atoms with Crippen LogP contribution in [0.25, 0.3) is 0 Å². The number of nitrogens with zero attached hydrogens (tertiary/aromatic N) is 1. The summed E-state index contributed by atoms with van der Waals surface area (Å²) in [5, 5.41) is 0. The second kappa shape index (κ2) is 7.25. The molecule has 1 fully saturated rings. The molecule has 1 amide bonds. The third-order valence-electron chi connectivity index (χ3n) is 4.01. The van der Waals surface area contributed by atoms with Gasteiger partial charge in [0.2, 0.25) is 5.91 Å². The lowest BCUT2D eigenvalue weighted by atomic mass is 10.1. The summed E-state index contributed by atoms with van der Waals surface area (Å²) >= 11 is 0. The number of carbonyl (C=O) groups excluding carboxylic acids is 2. The van der Waals surface area contributed by atoms with Crippen LogP contribution in [-0.4, -0.2) is 36.3 Å². The number of rotatable bonds is 6. The van der Waals surface area contributed by atoms with Gasteiger partial charge in [0.05, 0.1) is 7.11 Å². The van der Waals surface area contributed by atoms with Gasteiger partial charge in [-0.2, -0.15) is 0 Å². The normalized spacial score (nSPS) is 17.8. The predicted molar refractivity (Wildman–Crippen MR) is 81.3 cm³/mol. The Labute approximate surface area is 126 Å². The number of hydrogen-bond donors (Lipinski definition) is 0. The molecular formula is C17H23NO3. The van der Waals surface area contributed by atoms with E-state index in [0.29, 0.717) is 12.8 Å². The minimum atomic E-state index is 0.117. The Balaban J connectivity index is 1.87. The van der Waals surface area contributed by atoms with Gasteiger partial charge in [-0.05, 0) is 43.9 Å². The van der Waals surface area contributed by atoms with Crippen LogP contribution in [-0.2, 0) is 16.0 Å². The fourth-order valence-corrected chi connectivity index (χ4v) is 2.90. The number of carbonyl (C=O) groups is 2. The molecule has 0 N–H and O–H groups in total. The van der Waals surface area contributed by atoms with Crippen LogP contribution in [0, 0.1) is 0 Å². The van der Waals surface area contributed by atoms with Crippen LogP contribution in [0.2, 0.25) is 0 Å². The van der Waals surface area contributed by atoms with Gasteiger partial charge >= 0.3 is 0 Å². The molecule has 0 bridgehead atoms. The minimum Gasteiger partial charge on any atom is -0.497 e. The number of ketones is 1.